The van der Waals surface area contributed by atoms with E-state index in [1.807, 2.05) is 34.6 Å². The summed E-state index contributed by atoms with van der Waals surface area (Å²) in [5.74, 6) is -0.635. The van der Waals surface area contributed by atoms with E-state index in [9.17, 15) is 14.4 Å². The third-order valence-electron chi connectivity index (χ3n) is 4.24. The van der Waals surface area contributed by atoms with E-state index in [4.69, 9.17) is 0 Å². The smallest absolute Gasteiger partial charge is 0.319 e. The number of rotatable bonds is 3. The summed E-state index contributed by atoms with van der Waals surface area (Å²) in [6.07, 6.45) is 0.811. The Morgan fingerprint density at radius 1 is 0.926 bits per heavy atom. The van der Waals surface area contributed by atoms with Gasteiger partial charge in [0, 0.05) is 16.8 Å². The molecule has 6 heteroatoms. The van der Waals surface area contributed by atoms with Crippen LogP contribution in [0.5, 0.6) is 0 Å². The summed E-state index contributed by atoms with van der Waals surface area (Å²) in [6.45, 7) is 15.8. The Bertz CT molecular complexity index is 783. The van der Waals surface area contributed by atoms with Gasteiger partial charge in [0.2, 0.25) is 0 Å². The number of hydrogen-bond donors (Lipinski definition) is 2. The van der Waals surface area contributed by atoms with E-state index in [1.165, 1.54) is 4.90 Å². The first-order valence-corrected chi connectivity index (χ1v) is 9.23. The van der Waals surface area contributed by atoms with Crippen molar-refractivity contribution in [3.8, 4) is 0 Å². The van der Waals surface area contributed by atoms with Gasteiger partial charge >= 0.3 is 6.03 Å². The van der Waals surface area contributed by atoms with Crippen LogP contribution in [0.1, 0.15) is 82.5 Å². The Kier molecular flexibility index (Phi) is 5.16. The number of imide groups is 1. The first-order valence-electron chi connectivity index (χ1n) is 9.23. The number of nitrogens with one attached hydrogen (secondary N) is 2. The number of carbonyl (C=O) groups is 3. The molecular formula is C21H31N3O3. The highest BCUT2D eigenvalue weighted by Gasteiger charge is 2.42. The SMILES string of the molecule is CC(C)(C)CC(C)(C)NC(=O)Nc1ccc2c(c1)C(=O)N(C(C)(C)C)C2=O. The minimum atomic E-state index is -0.602. The number of anilines is 1. The van der Waals surface area contributed by atoms with E-state index >= 15 is 0 Å². The molecule has 6 nitrogen and oxygen atoms in total. The molecule has 0 atom stereocenters. The molecule has 0 radical (unpaired) electrons. The van der Waals surface area contributed by atoms with Crippen LogP contribution in [-0.4, -0.2) is 33.8 Å². The largest absolute Gasteiger partial charge is 0.333 e. The van der Waals surface area contributed by atoms with Crippen molar-refractivity contribution < 1.29 is 14.4 Å². The summed E-state index contributed by atoms with van der Waals surface area (Å²) in [5, 5.41) is 5.74. The van der Waals surface area contributed by atoms with Crippen LogP contribution >= 0.6 is 0 Å². The lowest BCUT2D eigenvalue weighted by molar-refractivity contribution is 0.0507. The second-order valence-electron chi connectivity index (χ2n) is 10.1. The minimum Gasteiger partial charge on any atom is -0.333 e. The molecule has 4 amide bonds. The van der Waals surface area contributed by atoms with Crippen molar-refractivity contribution in [1.82, 2.24) is 10.2 Å². The molecule has 1 heterocycles. The van der Waals surface area contributed by atoms with Crippen LogP contribution < -0.4 is 10.6 Å². The predicted molar refractivity (Wildman–Crippen MR) is 107 cm³/mol. The van der Waals surface area contributed by atoms with Crippen molar-refractivity contribution >= 4 is 23.5 Å². The van der Waals surface area contributed by atoms with Crippen molar-refractivity contribution in [2.75, 3.05) is 5.32 Å². The molecule has 2 N–H and O–H groups in total. The fourth-order valence-electron chi connectivity index (χ4n) is 3.77. The zero-order valence-corrected chi connectivity index (χ0v) is 17.6. The quantitative estimate of drug-likeness (QED) is 0.770. The summed E-state index contributed by atoms with van der Waals surface area (Å²) in [7, 11) is 0. The molecular weight excluding hydrogens is 342 g/mol. The van der Waals surface area contributed by atoms with Crippen LogP contribution in [0.15, 0.2) is 18.2 Å². The van der Waals surface area contributed by atoms with Crippen LogP contribution in [0.3, 0.4) is 0 Å². The molecule has 27 heavy (non-hydrogen) atoms. The second-order valence-corrected chi connectivity index (χ2v) is 10.1. The summed E-state index contributed by atoms with van der Waals surface area (Å²) in [6, 6.07) is 4.47. The van der Waals surface area contributed by atoms with Crippen LogP contribution in [0.25, 0.3) is 0 Å². The van der Waals surface area contributed by atoms with Gasteiger partial charge in [0.05, 0.1) is 11.1 Å². The Hall–Kier alpha value is -2.37. The maximum absolute atomic E-state index is 12.7. The molecule has 0 spiro atoms. The molecule has 0 unspecified atom stereocenters. The highest BCUT2D eigenvalue weighted by atomic mass is 16.2. The third kappa shape index (κ3) is 4.87. The highest BCUT2D eigenvalue weighted by molar-refractivity contribution is 6.22. The van der Waals surface area contributed by atoms with Crippen molar-refractivity contribution in [3.05, 3.63) is 29.3 Å². The third-order valence-corrected chi connectivity index (χ3v) is 4.24. The van der Waals surface area contributed by atoms with Gasteiger partial charge in [0.15, 0.2) is 0 Å². The number of carbonyl (C=O) groups excluding carboxylic acids is 3. The fraction of sp³-hybridized carbons (Fsp3) is 0.571. The molecule has 0 fully saturated rings. The van der Waals surface area contributed by atoms with Gasteiger partial charge in [-0.1, -0.05) is 20.8 Å². The maximum atomic E-state index is 12.7. The van der Waals surface area contributed by atoms with E-state index in [2.05, 4.69) is 31.4 Å². The Labute approximate surface area is 161 Å². The van der Waals surface area contributed by atoms with E-state index in [-0.39, 0.29) is 28.8 Å². The topological polar surface area (TPSA) is 78.5 Å². The molecule has 0 bridgehead atoms. The first kappa shape index (κ1) is 20.9. The lowest BCUT2D eigenvalue weighted by Crippen LogP contribution is -2.47. The van der Waals surface area contributed by atoms with E-state index < -0.39 is 5.54 Å². The number of nitrogens with zero attached hydrogens (tertiary/aromatic N) is 1. The zero-order valence-electron chi connectivity index (χ0n) is 17.6. The zero-order chi connectivity index (χ0) is 20.8. The second kappa shape index (κ2) is 6.66. The van der Waals surface area contributed by atoms with E-state index in [0.717, 1.165) is 6.42 Å². The molecule has 0 aromatic heterocycles. The van der Waals surface area contributed by atoms with E-state index in [0.29, 0.717) is 16.8 Å². The number of benzene rings is 1. The van der Waals surface area contributed by atoms with Gasteiger partial charge in [-0.2, -0.15) is 0 Å². The lowest BCUT2D eigenvalue weighted by atomic mass is 9.82. The maximum Gasteiger partial charge on any atom is 0.319 e. The molecule has 0 saturated heterocycles. The normalized spacial score (nSPS) is 15.0. The molecule has 0 saturated carbocycles. The molecule has 0 aliphatic carbocycles. The molecule has 1 aliphatic heterocycles. The van der Waals surface area contributed by atoms with Gasteiger partial charge < -0.3 is 10.6 Å². The monoisotopic (exact) mass is 373 g/mol. The first-order chi connectivity index (χ1) is 12.1. The number of amides is 4. The Balaban J connectivity index is 2.16. The van der Waals surface area contributed by atoms with Crippen LogP contribution in [0.2, 0.25) is 0 Å². The van der Waals surface area contributed by atoms with Crippen LogP contribution in [0.4, 0.5) is 10.5 Å². The summed E-state index contributed by atoms with van der Waals surface area (Å²) < 4.78 is 0. The molecule has 148 valence electrons. The lowest BCUT2D eigenvalue weighted by Gasteiger charge is -2.33. The van der Waals surface area contributed by atoms with Crippen LogP contribution in [0, 0.1) is 5.41 Å². The van der Waals surface area contributed by atoms with E-state index in [1.54, 1.807) is 18.2 Å². The average Bonchev–Trinajstić information content (AvgIpc) is 2.66. The average molecular weight is 373 g/mol. The summed E-state index contributed by atoms with van der Waals surface area (Å²) in [4.78, 5) is 38.8. The van der Waals surface area contributed by atoms with Gasteiger partial charge in [-0.15, -0.1) is 0 Å². The number of hydrogen-bond acceptors (Lipinski definition) is 3. The Morgan fingerprint density at radius 2 is 1.48 bits per heavy atom. The van der Waals surface area contributed by atoms with Crippen molar-refractivity contribution in [1.29, 1.82) is 0 Å². The highest BCUT2D eigenvalue weighted by Crippen LogP contribution is 2.31. The van der Waals surface area contributed by atoms with Crippen LogP contribution in [-0.2, 0) is 0 Å². The van der Waals surface area contributed by atoms with Gasteiger partial charge in [-0.3, -0.25) is 14.5 Å². The van der Waals surface area contributed by atoms with Gasteiger partial charge in [-0.05, 0) is 64.7 Å². The van der Waals surface area contributed by atoms with Crippen molar-refractivity contribution in [2.45, 2.75) is 72.9 Å². The molecule has 1 aromatic rings. The minimum absolute atomic E-state index is 0.0769. The summed E-state index contributed by atoms with van der Waals surface area (Å²) >= 11 is 0. The fourth-order valence-corrected chi connectivity index (χ4v) is 3.77. The molecule has 2 rings (SSSR count). The van der Waals surface area contributed by atoms with Crippen molar-refractivity contribution in [2.24, 2.45) is 5.41 Å². The molecule has 1 aromatic carbocycles. The van der Waals surface area contributed by atoms with Gasteiger partial charge in [0.1, 0.15) is 0 Å². The predicted octanol–water partition coefficient (Wildman–Crippen LogP) is 4.42. The number of fused-ring (bicyclic) bond motifs is 1. The van der Waals surface area contributed by atoms with Crippen molar-refractivity contribution in [3.63, 3.8) is 0 Å². The standard InChI is InChI=1S/C21H31N3O3/c1-19(2,3)12-21(7,8)23-18(27)22-13-9-10-14-15(11-13)17(26)24(16(14)25)20(4,5)6/h9-11H,12H2,1-8H3,(H2,22,23,27). The summed E-state index contributed by atoms with van der Waals surface area (Å²) in [5.41, 5.74) is 0.265. The number of urea groups is 1. The molecule has 1 aliphatic rings. The van der Waals surface area contributed by atoms with Gasteiger partial charge in [-0.25, -0.2) is 4.79 Å². The van der Waals surface area contributed by atoms with Gasteiger partial charge in [0.25, 0.3) is 11.8 Å². The Morgan fingerprint density at radius 3 is 2.00 bits per heavy atom.